The van der Waals surface area contributed by atoms with E-state index < -0.39 is 22.9 Å². The summed E-state index contributed by atoms with van der Waals surface area (Å²) < 4.78 is 47.0. The van der Waals surface area contributed by atoms with Crippen molar-refractivity contribution in [3.8, 4) is 0 Å². The number of nitrogens with one attached hydrogen (secondary N) is 1. The summed E-state index contributed by atoms with van der Waals surface area (Å²) in [6.45, 7) is 10.8. The van der Waals surface area contributed by atoms with Crippen molar-refractivity contribution in [1.29, 1.82) is 0 Å². The van der Waals surface area contributed by atoms with Gasteiger partial charge in [-0.15, -0.1) is 11.8 Å². The van der Waals surface area contributed by atoms with Crippen molar-refractivity contribution >= 4 is 29.5 Å². The highest BCUT2D eigenvalue weighted by Gasteiger charge is 2.47. The molecule has 0 unspecified atom stereocenters. The summed E-state index contributed by atoms with van der Waals surface area (Å²) >= 11 is 1.86. The fourth-order valence-electron chi connectivity index (χ4n) is 6.55. The van der Waals surface area contributed by atoms with Gasteiger partial charge in [0.05, 0.1) is 16.9 Å². The lowest BCUT2D eigenvalue weighted by atomic mass is 9.63. The first kappa shape index (κ1) is 31.9. The van der Waals surface area contributed by atoms with Crippen LogP contribution in [0.4, 0.5) is 29.6 Å². The van der Waals surface area contributed by atoms with Crippen LogP contribution in [0.1, 0.15) is 102 Å². The number of anilines is 2. The third-order valence-electron chi connectivity index (χ3n) is 9.12. The highest BCUT2D eigenvalue weighted by molar-refractivity contribution is 8.00. The van der Waals surface area contributed by atoms with E-state index in [9.17, 15) is 23.1 Å². The second-order valence-electron chi connectivity index (χ2n) is 14.0. The van der Waals surface area contributed by atoms with Gasteiger partial charge in [-0.05, 0) is 115 Å². The largest absolute Gasteiger partial charge is 0.444 e. The van der Waals surface area contributed by atoms with Gasteiger partial charge in [0, 0.05) is 41.0 Å². The van der Waals surface area contributed by atoms with Crippen LogP contribution in [-0.4, -0.2) is 55.6 Å². The minimum Gasteiger partial charge on any atom is -0.444 e. The summed E-state index contributed by atoms with van der Waals surface area (Å²) in [7, 11) is 0. The van der Waals surface area contributed by atoms with E-state index in [0.717, 1.165) is 61.1 Å². The number of benzene rings is 1. The van der Waals surface area contributed by atoms with Crippen LogP contribution in [0.3, 0.4) is 0 Å². The molecule has 2 heterocycles. The Morgan fingerprint density at radius 1 is 1.12 bits per heavy atom. The molecule has 3 aliphatic rings. The quantitative estimate of drug-likeness (QED) is 0.348. The van der Waals surface area contributed by atoms with Gasteiger partial charge in [-0.2, -0.15) is 13.2 Å². The molecule has 0 bridgehead atoms. The SMILES string of the molecule is Cc1cc(SC2CC3(CCN(C(=O)OC(C)(C)C)CC3)C2)ccc1Nc1ncc(C(F)(F)F)c([C@H]2CC[C@](C)(O)CC2)n1. The second-order valence-corrected chi connectivity index (χ2v) is 15.4. The molecule has 1 saturated heterocycles. The molecule has 2 aromatic rings. The molecule has 5 rings (SSSR count). The summed E-state index contributed by atoms with van der Waals surface area (Å²) in [6, 6.07) is 6.06. The first-order valence-corrected chi connectivity index (χ1v) is 16.1. The van der Waals surface area contributed by atoms with Gasteiger partial charge in [-0.25, -0.2) is 14.8 Å². The first-order valence-electron chi connectivity index (χ1n) is 15.2. The molecular weight excluding hydrogens is 577 g/mol. The van der Waals surface area contributed by atoms with Crippen LogP contribution < -0.4 is 5.32 Å². The van der Waals surface area contributed by atoms with Crippen molar-refractivity contribution in [1.82, 2.24) is 14.9 Å². The topological polar surface area (TPSA) is 87.6 Å². The van der Waals surface area contributed by atoms with E-state index in [-0.39, 0.29) is 23.7 Å². The Balaban J connectivity index is 1.18. The van der Waals surface area contributed by atoms with Crippen LogP contribution in [0, 0.1) is 12.3 Å². The highest BCUT2D eigenvalue weighted by Crippen LogP contribution is 2.55. The number of amides is 1. The minimum atomic E-state index is -4.54. The van der Waals surface area contributed by atoms with Crippen molar-refractivity contribution in [3.05, 3.63) is 41.2 Å². The molecule has 11 heteroatoms. The molecule has 236 valence electrons. The maximum absolute atomic E-state index is 13.8. The lowest BCUT2D eigenvalue weighted by molar-refractivity contribution is -0.139. The average molecular weight is 621 g/mol. The van der Waals surface area contributed by atoms with E-state index in [1.807, 2.05) is 56.5 Å². The van der Waals surface area contributed by atoms with E-state index in [4.69, 9.17) is 4.74 Å². The molecule has 1 aliphatic heterocycles. The van der Waals surface area contributed by atoms with Gasteiger partial charge in [-0.1, -0.05) is 0 Å². The fourth-order valence-corrected chi connectivity index (χ4v) is 8.20. The minimum absolute atomic E-state index is 0.00108. The number of alkyl halides is 3. The van der Waals surface area contributed by atoms with Crippen LogP contribution in [0.25, 0.3) is 0 Å². The molecule has 3 fully saturated rings. The van der Waals surface area contributed by atoms with Crippen molar-refractivity contribution in [2.75, 3.05) is 18.4 Å². The number of hydrogen-bond donors (Lipinski definition) is 2. The number of nitrogens with zero attached hydrogens (tertiary/aromatic N) is 3. The molecule has 2 aliphatic carbocycles. The molecular formula is C32H43F3N4O3S. The molecule has 0 atom stereocenters. The van der Waals surface area contributed by atoms with Crippen LogP contribution in [0.2, 0.25) is 0 Å². The van der Waals surface area contributed by atoms with E-state index in [1.54, 1.807) is 6.92 Å². The summed E-state index contributed by atoms with van der Waals surface area (Å²) in [5.74, 6) is -0.238. The number of likely N-dealkylation sites (tertiary alicyclic amines) is 1. The van der Waals surface area contributed by atoms with Crippen molar-refractivity contribution in [2.24, 2.45) is 5.41 Å². The van der Waals surface area contributed by atoms with Crippen LogP contribution in [-0.2, 0) is 10.9 Å². The van der Waals surface area contributed by atoms with E-state index in [2.05, 4.69) is 21.4 Å². The summed E-state index contributed by atoms with van der Waals surface area (Å²) in [4.78, 5) is 23.8. The van der Waals surface area contributed by atoms with Crippen LogP contribution >= 0.6 is 11.8 Å². The van der Waals surface area contributed by atoms with Gasteiger partial charge in [0.15, 0.2) is 0 Å². The van der Waals surface area contributed by atoms with E-state index in [1.165, 1.54) is 0 Å². The van der Waals surface area contributed by atoms with Crippen molar-refractivity contribution in [3.63, 3.8) is 0 Å². The van der Waals surface area contributed by atoms with Gasteiger partial charge in [-0.3, -0.25) is 0 Å². The number of carbonyl (C=O) groups is 1. The Morgan fingerprint density at radius 2 is 1.77 bits per heavy atom. The molecule has 2 saturated carbocycles. The standard InChI is InChI=1S/C32H43F3N4O3S/c1-20-16-22(43-23-17-31(18-23)12-14-39(15-13-31)28(40)42-29(2,3)4)6-7-25(20)37-27-36-19-24(32(33,34)35)26(38-27)21-8-10-30(5,41)11-9-21/h6-7,16,19,21,23,41H,8-15,17-18H2,1-5H3,(H,36,37,38)/t21-,30-. The Kier molecular flexibility index (Phi) is 8.72. The van der Waals surface area contributed by atoms with Crippen molar-refractivity contribution < 1.29 is 27.8 Å². The number of rotatable bonds is 5. The summed E-state index contributed by atoms with van der Waals surface area (Å²) in [6.07, 6.45) is 2.12. The number of aliphatic hydroxyl groups is 1. The molecule has 2 N–H and O–H groups in total. The van der Waals surface area contributed by atoms with Crippen molar-refractivity contribution in [2.45, 2.75) is 119 Å². The van der Waals surface area contributed by atoms with Crippen LogP contribution in [0.15, 0.2) is 29.3 Å². The average Bonchev–Trinajstić information content (AvgIpc) is 2.88. The van der Waals surface area contributed by atoms with Crippen LogP contribution in [0.5, 0.6) is 0 Å². The monoisotopic (exact) mass is 620 g/mol. The fraction of sp³-hybridized carbons (Fsp3) is 0.656. The number of halogens is 3. The normalized spacial score (nSPS) is 24.5. The Labute approximate surface area is 256 Å². The zero-order valence-electron chi connectivity index (χ0n) is 25.7. The number of thioether (sulfide) groups is 1. The van der Waals surface area contributed by atoms with Gasteiger partial charge in [0.2, 0.25) is 5.95 Å². The summed E-state index contributed by atoms with van der Waals surface area (Å²) in [5.41, 5.74) is -0.120. The Bertz CT molecular complexity index is 1320. The molecule has 1 aromatic carbocycles. The lowest BCUT2D eigenvalue weighted by Gasteiger charge is -2.52. The molecule has 1 spiro atoms. The molecule has 0 radical (unpaired) electrons. The maximum atomic E-state index is 13.8. The Hall–Kier alpha value is -2.53. The zero-order chi connectivity index (χ0) is 31.2. The summed E-state index contributed by atoms with van der Waals surface area (Å²) in [5, 5.41) is 13.9. The maximum Gasteiger partial charge on any atom is 0.419 e. The third-order valence-corrected chi connectivity index (χ3v) is 10.3. The predicted octanol–water partition coefficient (Wildman–Crippen LogP) is 8.23. The van der Waals surface area contributed by atoms with Gasteiger partial charge in [0.25, 0.3) is 0 Å². The molecule has 7 nitrogen and oxygen atoms in total. The second kappa shape index (κ2) is 11.8. The van der Waals surface area contributed by atoms with Gasteiger partial charge < -0.3 is 20.1 Å². The van der Waals surface area contributed by atoms with Gasteiger partial charge in [0.1, 0.15) is 5.60 Å². The number of ether oxygens (including phenoxy) is 1. The molecule has 1 amide bonds. The third kappa shape index (κ3) is 7.77. The predicted molar refractivity (Wildman–Crippen MR) is 162 cm³/mol. The number of aryl methyl sites for hydroxylation is 1. The number of piperidine rings is 1. The highest BCUT2D eigenvalue weighted by atomic mass is 32.2. The van der Waals surface area contributed by atoms with Gasteiger partial charge >= 0.3 is 12.3 Å². The van der Waals surface area contributed by atoms with E-state index >= 15 is 0 Å². The molecule has 43 heavy (non-hydrogen) atoms. The molecule has 1 aromatic heterocycles. The smallest absolute Gasteiger partial charge is 0.419 e. The number of aromatic nitrogens is 2. The number of hydrogen-bond acceptors (Lipinski definition) is 7. The Morgan fingerprint density at radius 3 is 2.35 bits per heavy atom. The number of carbonyl (C=O) groups excluding carboxylic acids is 1. The lowest BCUT2D eigenvalue weighted by Crippen LogP contribution is -2.50. The van der Waals surface area contributed by atoms with E-state index in [0.29, 0.717) is 36.3 Å². The first-order chi connectivity index (χ1) is 20.0. The zero-order valence-corrected chi connectivity index (χ0v) is 26.5.